The summed E-state index contributed by atoms with van der Waals surface area (Å²) in [6, 6.07) is 11.1. The van der Waals surface area contributed by atoms with Crippen molar-refractivity contribution in [1.29, 1.82) is 0 Å². The SMILES string of the molecule is CCOc1ccc2cc(-c3ccc(C(F)(F)F)cc3)c(=O)oc2c1. The Morgan fingerprint density at radius 1 is 1.04 bits per heavy atom. The van der Waals surface area contributed by atoms with Gasteiger partial charge in [-0.25, -0.2) is 4.79 Å². The van der Waals surface area contributed by atoms with E-state index in [4.69, 9.17) is 9.15 Å². The van der Waals surface area contributed by atoms with Crippen LogP contribution >= 0.6 is 0 Å². The number of hydrogen-bond donors (Lipinski definition) is 0. The predicted octanol–water partition coefficient (Wildman–Crippen LogP) is 4.88. The van der Waals surface area contributed by atoms with Crippen LogP contribution in [-0.2, 0) is 6.18 Å². The average Bonchev–Trinajstić information content (AvgIpc) is 2.54. The van der Waals surface area contributed by atoms with Crippen molar-refractivity contribution >= 4 is 11.0 Å². The van der Waals surface area contributed by atoms with E-state index in [9.17, 15) is 18.0 Å². The second kappa shape index (κ2) is 6.03. The first-order chi connectivity index (χ1) is 11.4. The van der Waals surface area contributed by atoms with Gasteiger partial charge >= 0.3 is 11.8 Å². The molecular weight excluding hydrogens is 321 g/mol. The van der Waals surface area contributed by atoms with Gasteiger partial charge in [0.15, 0.2) is 0 Å². The number of alkyl halides is 3. The molecule has 3 aromatic rings. The Bertz CT molecular complexity index is 925. The summed E-state index contributed by atoms with van der Waals surface area (Å²) >= 11 is 0. The van der Waals surface area contributed by atoms with E-state index in [0.29, 0.717) is 28.9 Å². The smallest absolute Gasteiger partial charge is 0.416 e. The van der Waals surface area contributed by atoms with E-state index in [-0.39, 0.29) is 5.56 Å². The molecule has 2 aromatic carbocycles. The van der Waals surface area contributed by atoms with Crippen LogP contribution < -0.4 is 10.4 Å². The molecule has 0 aliphatic carbocycles. The molecule has 1 heterocycles. The van der Waals surface area contributed by atoms with E-state index >= 15 is 0 Å². The zero-order chi connectivity index (χ0) is 17.3. The van der Waals surface area contributed by atoms with Crippen LogP contribution in [-0.4, -0.2) is 6.61 Å². The molecule has 0 aliphatic heterocycles. The van der Waals surface area contributed by atoms with E-state index in [1.54, 1.807) is 24.3 Å². The minimum absolute atomic E-state index is 0.209. The lowest BCUT2D eigenvalue weighted by atomic mass is 10.0. The molecule has 0 saturated heterocycles. The maximum absolute atomic E-state index is 12.6. The van der Waals surface area contributed by atoms with Crippen LogP contribution in [0.15, 0.2) is 57.7 Å². The highest BCUT2D eigenvalue weighted by molar-refractivity contribution is 5.82. The molecular formula is C18H13F3O3. The van der Waals surface area contributed by atoms with Gasteiger partial charge in [-0.2, -0.15) is 13.2 Å². The van der Waals surface area contributed by atoms with Crippen molar-refractivity contribution in [2.24, 2.45) is 0 Å². The minimum atomic E-state index is -4.41. The quantitative estimate of drug-likeness (QED) is 0.641. The molecule has 0 radical (unpaired) electrons. The number of fused-ring (bicyclic) bond motifs is 1. The molecule has 0 saturated carbocycles. The molecule has 0 unspecified atom stereocenters. The molecule has 0 spiro atoms. The van der Waals surface area contributed by atoms with Crippen LogP contribution in [0.2, 0.25) is 0 Å². The van der Waals surface area contributed by atoms with Gasteiger partial charge in [0.2, 0.25) is 0 Å². The minimum Gasteiger partial charge on any atom is -0.494 e. The summed E-state index contributed by atoms with van der Waals surface area (Å²) in [4.78, 5) is 12.2. The standard InChI is InChI=1S/C18H13F3O3/c1-2-23-14-8-5-12-9-15(17(22)24-16(12)10-14)11-3-6-13(7-4-11)18(19,20)21/h3-10H,2H2,1H3. The summed E-state index contributed by atoms with van der Waals surface area (Å²) in [7, 11) is 0. The molecule has 24 heavy (non-hydrogen) atoms. The zero-order valence-corrected chi connectivity index (χ0v) is 12.7. The van der Waals surface area contributed by atoms with Crippen molar-refractivity contribution in [3.8, 4) is 16.9 Å². The Kier molecular flexibility index (Phi) is 4.05. The Balaban J connectivity index is 2.05. The Morgan fingerprint density at radius 3 is 2.38 bits per heavy atom. The van der Waals surface area contributed by atoms with Crippen LogP contribution in [0.5, 0.6) is 5.75 Å². The monoisotopic (exact) mass is 334 g/mol. The summed E-state index contributed by atoms with van der Waals surface area (Å²) in [5.41, 5.74) is -0.441. The first kappa shape index (κ1) is 16.1. The molecule has 0 atom stereocenters. The number of hydrogen-bond acceptors (Lipinski definition) is 3. The lowest BCUT2D eigenvalue weighted by Crippen LogP contribution is -2.06. The van der Waals surface area contributed by atoms with E-state index < -0.39 is 17.4 Å². The van der Waals surface area contributed by atoms with Crippen molar-refractivity contribution in [2.45, 2.75) is 13.1 Å². The predicted molar refractivity (Wildman–Crippen MR) is 84.1 cm³/mol. The molecule has 0 N–H and O–H groups in total. The van der Waals surface area contributed by atoms with Gasteiger partial charge in [0.25, 0.3) is 0 Å². The molecule has 3 rings (SSSR count). The number of benzene rings is 2. The van der Waals surface area contributed by atoms with E-state index in [0.717, 1.165) is 12.1 Å². The van der Waals surface area contributed by atoms with Crippen molar-refractivity contribution in [1.82, 2.24) is 0 Å². The third-order valence-electron chi connectivity index (χ3n) is 3.54. The fraction of sp³-hybridized carbons (Fsp3) is 0.167. The summed E-state index contributed by atoms with van der Waals surface area (Å²) in [6.45, 7) is 2.33. The summed E-state index contributed by atoms with van der Waals surface area (Å²) in [6.07, 6.45) is -4.41. The number of ether oxygens (including phenoxy) is 1. The second-order valence-electron chi connectivity index (χ2n) is 5.16. The Hall–Kier alpha value is -2.76. The molecule has 0 fully saturated rings. The van der Waals surface area contributed by atoms with Crippen molar-refractivity contribution in [2.75, 3.05) is 6.61 Å². The topological polar surface area (TPSA) is 39.4 Å². The van der Waals surface area contributed by atoms with Gasteiger partial charge in [0.05, 0.1) is 17.7 Å². The summed E-state index contributed by atoms with van der Waals surface area (Å²) in [5, 5.41) is 0.660. The van der Waals surface area contributed by atoms with Crippen molar-refractivity contribution in [3.05, 3.63) is 64.5 Å². The first-order valence-electron chi connectivity index (χ1n) is 7.27. The largest absolute Gasteiger partial charge is 0.494 e. The lowest BCUT2D eigenvalue weighted by Gasteiger charge is -2.08. The Morgan fingerprint density at radius 2 is 1.75 bits per heavy atom. The van der Waals surface area contributed by atoms with Crippen LogP contribution in [0, 0.1) is 0 Å². The average molecular weight is 334 g/mol. The third-order valence-corrected chi connectivity index (χ3v) is 3.54. The van der Waals surface area contributed by atoms with Gasteiger partial charge in [0, 0.05) is 11.5 Å². The first-order valence-corrected chi connectivity index (χ1v) is 7.27. The van der Waals surface area contributed by atoms with Crippen LogP contribution in [0.1, 0.15) is 12.5 Å². The van der Waals surface area contributed by atoms with Crippen LogP contribution in [0.3, 0.4) is 0 Å². The van der Waals surface area contributed by atoms with Crippen molar-refractivity contribution < 1.29 is 22.3 Å². The number of rotatable bonds is 3. The zero-order valence-electron chi connectivity index (χ0n) is 12.7. The van der Waals surface area contributed by atoms with E-state index in [2.05, 4.69) is 0 Å². The maximum Gasteiger partial charge on any atom is 0.416 e. The van der Waals surface area contributed by atoms with Gasteiger partial charge < -0.3 is 9.15 Å². The number of halogens is 3. The lowest BCUT2D eigenvalue weighted by molar-refractivity contribution is -0.137. The summed E-state index contributed by atoms with van der Waals surface area (Å²) < 4.78 is 48.5. The molecule has 1 aromatic heterocycles. The molecule has 3 nitrogen and oxygen atoms in total. The van der Waals surface area contributed by atoms with E-state index in [1.807, 2.05) is 6.92 Å². The van der Waals surface area contributed by atoms with Crippen LogP contribution in [0.4, 0.5) is 13.2 Å². The Labute approximate surface area is 135 Å². The van der Waals surface area contributed by atoms with Gasteiger partial charge in [-0.05, 0) is 42.8 Å². The highest BCUT2D eigenvalue weighted by atomic mass is 19.4. The second-order valence-corrected chi connectivity index (χ2v) is 5.16. The van der Waals surface area contributed by atoms with Gasteiger partial charge in [-0.1, -0.05) is 12.1 Å². The molecule has 0 bridgehead atoms. The molecule has 0 amide bonds. The van der Waals surface area contributed by atoms with Crippen molar-refractivity contribution in [3.63, 3.8) is 0 Å². The van der Waals surface area contributed by atoms with Crippen LogP contribution in [0.25, 0.3) is 22.1 Å². The van der Waals surface area contributed by atoms with Gasteiger partial charge in [-0.15, -0.1) is 0 Å². The third kappa shape index (κ3) is 3.13. The van der Waals surface area contributed by atoms with Gasteiger partial charge in [-0.3, -0.25) is 0 Å². The molecule has 0 aliphatic rings. The fourth-order valence-electron chi connectivity index (χ4n) is 2.39. The normalized spacial score (nSPS) is 11.7. The maximum atomic E-state index is 12.6. The van der Waals surface area contributed by atoms with E-state index in [1.165, 1.54) is 12.1 Å². The fourth-order valence-corrected chi connectivity index (χ4v) is 2.39. The summed E-state index contributed by atoms with van der Waals surface area (Å²) in [5.74, 6) is 0.579. The van der Waals surface area contributed by atoms with Gasteiger partial charge in [0.1, 0.15) is 11.3 Å². The molecule has 124 valence electrons. The highest BCUT2D eigenvalue weighted by Gasteiger charge is 2.30. The highest BCUT2D eigenvalue weighted by Crippen LogP contribution is 2.31. The molecule has 6 heteroatoms.